The number of carbonyl (C=O) groups is 1. The summed E-state index contributed by atoms with van der Waals surface area (Å²) in [6, 6.07) is 0.589. The Labute approximate surface area is 92.2 Å². The number of piperidine rings is 1. The molecule has 1 unspecified atom stereocenters. The Hall–Kier alpha value is -0.610. The highest BCUT2D eigenvalue weighted by Crippen LogP contribution is 2.20. The normalized spacial score (nSPS) is 21.5. The molecule has 1 atom stereocenters. The summed E-state index contributed by atoms with van der Waals surface area (Å²) in [5, 5.41) is 3.46. The predicted octanol–water partition coefficient (Wildman–Crippen LogP) is 0.182. The molecule has 0 aromatic rings. The maximum atomic E-state index is 10.8. The van der Waals surface area contributed by atoms with Gasteiger partial charge in [0.1, 0.15) is 0 Å². The number of primary amides is 1. The second-order valence-electron chi connectivity index (χ2n) is 4.43. The topological polar surface area (TPSA) is 58.4 Å². The number of likely N-dealkylation sites (tertiary alicyclic amines) is 1. The molecule has 1 fully saturated rings. The number of amides is 1. The molecular weight excluding hydrogens is 190 g/mol. The van der Waals surface area contributed by atoms with Crippen LogP contribution in [0, 0.1) is 5.92 Å². The minimum absolute atomic E-state index is 0.215. The summed E-state index contributed by atoms with van der Waals surface area (Å²) in [5.41, 5.74) is 5.17. The van der Waals surface area contributed by atoms with Crippen LogP contribution in [0.4, 0.5) is 0 Å². The maximum absolute atomic E-state index is 10.8. The molecule has 3 N–H and O–H groups in total. The van der Waals surface area contributed by atoms with E-state index in [-0.39, 0.29) is 5.91 Å². The Kier molecular flexibility index (Phi) is 5.05. The van der Waals surface area contributed by atoms with E-state index in [1.807, 2.05) is 0 Å². The number of hydrogen-bond donors (Lipinski definition) is 2. The van der Waals surface area contributed by atoms with Crippen molar-refractivity contribution in [1.82, 2.24) is 10.2 Å². The van der Waals surface area contributed by atoms with E-state index in [2.05, 4.69) is 24.1 Å². The average Bonchev–Trinajstić information content (AvgIpc) is 2.18. The molecule has 88 valence electrons. The fraction of sp³-hybridized carbons (Fsp3) is 0.909. The monoisotopic (exact) mass is 213 g/mol. The molecule has 0 radical (unpaired) electrons. The van der Waals surface area contributed by atoms with Crippen molar-refractivity contribution in [1.29, 1.82) is 0 Å². The number of nitrogens with one attached hydrogen (secondary N) is 1. The zero-order valence-electron chi connectivity index (χ0n) is 9.83. The molecule has 4 nitrogen and oxygen atoms in total. The molecule has 0 aromatic carbocycles. The van der Waals surface area contributed by atoms with E-state index < -0.39 is 0 Å². The van der Waals surface area contributed by atoms with Crippen LogP contribution in [0.2, 0.25) is 0 Å². The van der Waals surface area contributed by atoms with Crippen LogP contribution in [-0.2, 0) is 4.79 Å². The van der Waals surface area contributed by atoms with Gasteiger partial charge in [-0.1, -0.05) is 6.92 Å². The van der Waals surface area contributed by atoms with Crippen molar-refractivity contribution in [2.24, 2.45) is 11.7 Å². The third-order valence-corrected chi connectivity index (χ3v) is 3.24. The summed E-state index contributed by atoms with van der Waals surface area (Å²) in [6.07, 6.45) is 2.34. The first-order chi connectivity index (χ1) is 7.13. The van der Waals surface area contributed by atoms with Crippen molar-refractivity contribution >= 4 is 5.91 Å². The van der Waals surface area contributed by atoms with Crippen LogP contribution >= 0.6 is 0 Å². The Morgan fingerprint density at radius 3 is 2.60 bits per heavy atom. The molecule has 1 saturated heterocycles. The first-order valence-electron chi connectivity index (χ1n) is 5.87. The molecule has 0 saturated carbocycles. The fourth-order valence-electron chi connectivity index (χ4n) is 2.32. The van der Waals surface area contributed by atoms with Crippen LogP contribution in [0.15, 0.2) is 0 Å². The fourth-order valence-corrected chi connectivity index (χ4v) is 2.32. The summed E-state index contributed by atoms with van der Waals surface area (Å²) in [7, 11) is 0. The Bertz CT molecular complexity index is 200. The zero-order valence-corrected chi connectivity index (χ0v) is 9.83. The summed E-state index contributed by atoms with van der Waals surface area (Å²) >= 11 is 0. The van der Waals surface area contributed by atoms with E-state index >= 15 is 0 Å². The summed E-state index contributed by atoms with van der Waals surface area (Å²) in [4.78, 5) is 12.9. The van der Waals surface area contributed by atoms with Gasteiger partial charge < -0.3 is 11.1 Å². The highest BCUT2D eigenvalue weighted by molar-refractivity contribution is 5.75. The van der Waals surface area contributed by atoms with Gasteiger partial charge in [0.05, 0.1) is 6.54 Å². The van der Waals surface area contributed by atoms with Crippen molar-refractivity contribution in [2.75, 3.05) is 26.2 Å². The molecule has 15 heavy (non-hydrogen) atoms. The molecule has 4 heteroatoms. The molecular formula is C11H23N3O. The highest BCUT2D eigenvalue weighted by Gasteiger charge is 2.23. The smallest absolute Gasteiger partial charge is 0.231 e. The molecule has 0 bridgehead atoms. The summed E-state index contributed by atoms with van der Waals surface area (Å²) in [5.74, 6) is 0.530. The zero-order chi connectivity index (χ0) is 11.3. The summed E-state index contributed by atoms with van der Waals surface area (Å²) in [6.45, 7) is 7.84. The molecule has 0 aromatic heterocycles. The Morgan fingerprint density at radius 1 is 1.53 bits per heavy atom. The predicted molar refractivity (Wildman–Crippen MR) is 61.5 cm³/mol. The van der Waals surface area contributed by atoms with Crippen LogP contribution < -0.4 is 11.1 Å². The molecule has 1 aliphatic heterocycles. The minimum atomic E-state index is -0.215. The van der Waals surface area contributed by atoms with Gasteiger partial charge in [-0.3, -0.25) is 9.69 Å². The van der Waals surface area contributed by atoms with E-state index in [1.165, 1.54) is 12.8 Å². The molecule has 0 aliphatic carbocycles. The van der Waals surface area contributed by atoms with Crippen LogP contribution in [0.3, 0.4) is 0 Å². The molecule has 0 spiro atoms. The van der Waals surface area contributed by atoms with Gasteiger partial charge in [-0.25, -0.2) is 0 Å². The lowest BCUT2D eigenvalue weighted by atomic mass is 9.90. The van der Waals surface area contributed by atoms with Gasteiger partial charge in [-0.15, -0.1) is 0 Å². The lowest BCUT2D eigenvalue weighted by Gasteiger charge is -2.34. The van der Waals surface area contributed by atoms with Crippen LogP contribution in [0.25, 0.3) is 0 Å². The second kappa shape index (κ2) is 6.08. The third kappa shape index (κ3) is 4.18. The number of carbonyl (C=O) groups excluding carboxylic acids is 1. The Morgan fingerprint density at radius 2 is 2.13 bits per heavy atom. The van der Waals surface area contributed by atoms with Crippen LogP contribution in [-0.4, -0.2) is 43.0 Å². The first kappa shape index (κ1) is 12.5. The van der Waals surface area contributed by atoms with Crippen molar-refractivity contribution in [3.63, 3.8) is 0 Å². The van der Waals surface area contributed by atoms with Crippen molar-refractivity contribution in [3.05, 3.63) is 0 Å². The molecule has 1 heterocycles. The highest BCUT2D eigenvalue weighted by atomic mass is 16.1. The number of nitrogens with two attached hydrogens (primary N) is 1. The first-order valence-corrected chi connectivity index (χ1v) is 5.87. The Balaban J connectivity index is 2.26. The number of nitrogens with zero attached hydrogens (tertiary/aromatic N) is 1. The molecule has 1 amide bonds. The van der Waals surface area contributed by atoms with Gasteiger partial charge in [-0.2, -0.15) is 0 Å². The van der Waals surface area contributed by atoms with E-state index in [4.69, 9.17) is 5.73 Å². The van der Waals surface area contributed by atoms with Crippen molar-refractivity contribution in [2.45, 2.75) is 32.7 Å². The van der Waals surface area contributed by atoms with Gasteiger partial charge in [0, 0.05) is 6.04 Å². The number of hydrogen-bond acceptors (Lipinski definition) is 3. The molecule has 1 rings (SSSR count). The lowest BCUT2D eigenvalue weighted by Crippen LogP contribution is -2.44. The second-order valence-corrected chi connectivity index (χ2v) is 4.43. The van der Waals surface area contributed by atoms with Gasteiger partial charge >= 0.3 is 0 Å². The standard InChI is InChI=1S/C11H23N3O/c1-3-13-9(2)10-4-6-14(7-5-10)8-11(12)15/h9-10,13H,3-8H2,1-2H3,(H2,12,15). The van der Waals surface area contributed by atoms with E-state index in [9.17, 15) is 4.79 Å². The lowest BCUT2D eigenvalue weighted by molar-refractivity contribution is -0.119. The van der Waals surface area contributed by atoms with Crippen LogP contribution in [0.1, 0.15) is 26.7 Å². The van der Waals surface area contributed by atoms with Gasteiger partial charge in [0.15, 0.2) is 0 Å². The average molecular weight is 213 g/mol. The van der Waals surface area contributed by atoms with Crippen LogP contribution in [0.5, 0.6) is 0 Å². The summed E-state index contributed by atoms with van der Waals surface area (Å²) < 4.78 is 0. The van der Waals surface area contributed by atoms with Gasteiger partial charge in [-0.05, 0) is 45.3 Å². The minimum Gasteiger partial charge on any atom is -0.369 e. The number of rotatable bonds is 5. The molecule has 1 aliphatic rings. The van der Waals surface area contributed by atoms with E-state index in [0.717, 1.165) is 25.6 Å². The van der Waals surface area contributed by atoms with Crippen molar-refractivity contribution in [3.8, 4) is 0 Å². The maximum Gasteiger partial charge on any atom is 0.231 e. The SMILES string of the molecule is CCNC(C)C1CCN(CC(N)=O)CC1. The van der Waals surface area contributed by atoms with Gasteiger partial charge in [0.2, 0.25) is 5.91 Å². The van der Waals surface area contributed by atoms with Crippen molar-refractivity contribution < 1.29 is 4.79 Å². The van der Waals surface area contributed by atoms with E-state index in [0.29, 0.717) is 12.6 Å². The third-order valence-electron chi connectivity index (χ3n) is 3.24. The largest absolute Gasteiger partial charge is 0.369 e. The quantitative estimate of drug-likeness (QED) is 0.685. The van der Waals surface area contributed by atoms with Gasteiger partial charge in [0.25, 0.3) is 0 Å². The van der Waals surface area contributed by atoms with E-state index in [1.54, 1.807) is 0 Å².